The van der Waals surface area contributed by atoms with Crippen LogP contribution < -0.4 is 5.32 Å². The molecular weight excluding hydrogens is 336 g/mol. The lowest BCUT2D eigenvalue weighted by Gasteiger charge is -2.13. The van der Waals surface area contributed by atoms with Crippen LogP contribution in [0.3, 0.4) is 0 Å². The summed E-state index contributed by atoms with van der Waals surface area (Å²) in [6.45, 7) is 2.02. The number of anilines is 1. The molecule has 2 aromatic heterocycles. The summed E-state index contributed by atoms with van der Waals surface area (Å²) >= 11 is 6.03. The first-order chi connectivity index (χ1) is 12.2. The van der Waals surface area contributed by atoms with Crippen LogP contribution in [0.1, 0.15) is 18.7 Å². The van der Waals surface area contributed by atoms with Gasteiger partial charge >= 0.3 is 0 Å². The molecule has 0 radical (unpaired) electrons. The van der Waals surface area contributed by atoms with Crippen molar-refractivity contribution in [3.63, 3.8) is 0 Å². The molecule has 0 amide bonds. The zero-order valence-corrected chi connectivity index (χ0v) is 14.2. The van der Waals surface area contributed by atoms with Crippen LogP contribution in [0.2, 0.25) is 5.02 Å². The molecule has 0 spiro atoms. The highest BCUT2D eigenvalue weighted by molar-refractivity contribution is 6.31. The maximum Gasteiger partial charge on any atom is 0.137 e. The predicted molar refractivity (Wildman–Crippen MR) is 97.9 cm³/mol. The number of halogens is 1. The van der Waals surface area contributed by atoms with Gasteiger partial charge in [0, 0.05) is 10.4 Å². The van der Waals surface area contributed by atoms with E-state index in [0.717, 1.165) is 28.1 Å². The summed E-state index contributed by atoms with van der Waals surface area (Å²) in [5.74, 6) is 0.739. The molecule has 0 aliphatic rings. The molecule has 0 bridgehead atoms. The summed E-state index contributed by atoms with van der Waals surface area (Å²) in [7, 11) is 0. The first kappa shape index (κ1) is 15.5. The fraction of sp³-hybridized carbons (Fsp3) is 0.111. The highest BCUT2D eigenvalue weighted by atomic mass is 35.5. The minimum atomic E-state index is -0.0637. The van der Waals surface area contributed by atoms with Gasteiger partial charge in [-0.3, -0.25) is 0 Å². The van der Waals surface area contributed by atoms with E-state index in [0.29, 0.717) is 5.02 Å². The normalized spacial score (nSPS) is 12.2. The molecule has 6 nitrogen and oxygen atoms in total. The van der Waals surface area contributed by atoms with Crippen LogP contribution in [0.15, 0.2) is 61.1 Å². The molecule has 0 aliphatic heterocycles. The maximum absolute atomic E-state index is 6.03. The number of nitrogens with one attached hydrogen (secondary N) is 1. The van der Waals surface area contributed by atoms with Gasteiger partial charge in [0.2, 0.25) is 0 Å². The molecule has 25 heavy (non-hydrogen) atoms. The van der Waals surface area contributed by atoms with E-state index in [1.54, 1.807) is 4.68 Å². The third kappa shape index (κ3) is 3.16. The van der Waals surface area contributed by atoms with E-state index in [1.807, 2.05) is 61.7 Å². The van der Waals surface area contributed by atoms with Gasteiger partial charge in [-0.2, -0.15) is 0 Å². The van der Waals surface area contributed by atoms with E-state index >= 15 is 0 Å². The zero-order valence-electron chi connectivity index (χ0n) is 13.5. The van der Waals surface area contributed by atoms with Crippen molar-refractivity contribution < 1.29 is 0 Å². The topological polar surface area (TPSA) is 68.5 Å². The maximum atomic E-state index is 6.03. The number of fused-ring (bicyclic) bond motifs is 1. The first-order valence-corrected chi connectivity index (χ1v) is 8.23. The van der Waals surface area contributed by atoms with Crippen LogP contribution >= 0.6 is 11.6 Å². The Labute approximate surface area is 149 Å². The third-order valence-corrected chi connectivity index (χ3v) is 4.16. The molecule has 4 aromatic rings. The number of aromatic nitrogens is 5. The minimum Gasteiger partial charge on any atom is -0.361 e. The van der Waals surface area contributed by atoms with E-state index in [-0.39, 0.29) is 6.04 Å². The van der Waals surface area contributed by atoms with Crippen molar-refractivity contribution >= 4 is 28.3 Å². The molecule has 124 valence electrons. The number of benzene rings is 2. The number of rotatable bonds is 4. The second-order valence-electron chi connectivity index (χ2n) is 5.67. The lowest BCUT2D eigenvalue weighted by Crippen LogP contribution is -2.09. The summed E-state index contributed by atoms with van der Waals surface area (Å²) in [5, 5.41) is 13.4. The lowest BCUT2D eigenvalue weighted by molar-refractivity contribution is 0.780. The molecule has 0 saturated carbocycles. The highest BCUT2D eigenvalue weighted by Crippen LogP contribution is 2.25. The van der Waals surface area contributed by atoms with Crippen molar-refractivity contribution in [2.24, 2.45) is 0 Å². The molecule has 1 N–H and O–H groups in total. The van der Waals surface area contributed by atoms with Crippen LogP contribution in [0.4, 0.5) is 5.82 Å². The van der Waals surface area contributed by atoms with Gasteiger partial charge in [0.15, 0.2) is 0 Å². The number of hydrogen-bond acceptors (Lipinski definition) is 5. The van der Waals surface area contributed by atoms with Crippen LogP contribution in [0.25, 0.3) is 16.6 Å². The van der Waals surface area contributed by atoms with Gasteiger partial charge in [-0.05, 0) is 37.3 Å². The van der Waals surface area contributed by atoms with Gasteiger partial charge in [-0.1, -0.05) is 35.0 Å². The Kier molecular flexibility index (Phi) is 4.03. The molecular formula is C18H15ClN6. The smallest absolute Gasteiger partial charge is 0.137 e. The van der Waals surface area contributed by atoms with Gasteiger partial charge in [-0.25, -0.2) is 14.6 Å². The second kappa shape index (κ2) is 6.49. The largest absolute Gasteiger partial charge is 0.361 e. The van der Waals surface area contributed by atoms with E-state index in [1.165, 1.54) is 6.33 Å². The Bertz CT molecular complexity index is 1010. The molecule has 2 aromatic carbocycles. The van der Waals surface area contributed by atoms with Crippen molar-refractivity contribution in [1.82, 2.24) is 25.0 Å². The monoisotopic (exact) mass is 350 g/mol. The Morgan fingerprint density at radius 2 is 1.92 bits per heavy atom. The lowest BCUT2D eigenvalue weighted by atomic mass is 10.2. The quantitative estimate of drug-likeness (QED) is 0.601. The Morgan fingerprint density at radius 1 is 1.08 bits per heavy atom. The van der Waals surface area contributed by atoms with Crippen LogP contribution in [0.5, 0.6) is 0 Å². The molecule has 0 saturated heterocycles. The fourth-order valence-corrected chi connectivity index (χ4v) is 2.77. The number of hydrogen-bond donors (Lipinski definition) is 1. The Hall–Kier alpha value is -2.99. The van der Waals surface area contributed by atoms with E-state index in [4.69, 9.17) is 11.6 Å². The Morgan fingerprint density at radius 3 is 2.76 bits per heavy atom. The van der Waals surface area contributed by atoms with E-state index < -0.39 is 0 Å². The molecule has 4 rings (SSSR count). The standard InChI is InChI=1S/C18H15ClN6/c1-12(17-10-25(24-23-17)14-5-3-2-4-6-14)22-18-15-8-7-13(19)9-16(15)20-11-21-18/h2-12H,1H3,(H,20,21,22). The molecule has 2 heterocycles. The minimum absolute atomic E-state index is 0.0637. The second-order valence-corrected chi connectivity index (χ2v) is 6.11. The molecule has 1 atom stereocenters. The first-order valence-electron chi connectivity index (χ1n) is 7.85. The third-order valence-electron chi connectivity index (χ3n) is 3.93. The summed E-state index contributed by atoms with van der Waals surface area (Å²) in [4.78, 5) is 8.61. The summed E-state index contributed by atoms with van der Waals surface area (Å²) in [5.41, 5.74) is 2.59. The van der Waals surface area contributed by atoms with Crippen molar-refractivity contribution in [2.45, 2.75) is 13.0 Å². The summed E-state index contributed by atoms with van der Waals surface area (Å²) in [6.07, 6.45) is 3.43. The predicted octanol–water partition coefficient (Wildman–Crippen LogP) is 4.04. The summed E-state index contributed by atoms with van der Waals surface area (Å²) < 4.78 is 1.76. The van der Waals surface area contributed by atoms with E-state index in [9.17, 15) is 0 Å². The fourth-order valence-electron chi connectivity index (χ4n) is 2.61. The zero-order chi connectivity index (χ0) is 17.2. The van der Waals surface area contributed by atoms with Gasteiger partial charge in [0.05, 0.1) is 23.4 Å². The van der Waals surface area contributed by atoms with Crippen LogP contribution in [-0.4, -0.2) is 25.0 Å². The molecule has 7 heteroatoms. The Balaban J connectivity index is 1.61. The van der Waals surface area contributed by atoms with Crippen molar-refractivity contribution in [1.29, 1.82) is 0 Å². The highest BCUT2D eigenvalue weighted by Gasteiger charge is 2.13. The van der Waals surface area contributed by atoms with Gasteiger partial charge < -0.3 is 5.32 Å². The van der Waals surface area contributed by atoms with Gasteiger partial charge in [0.1, 0.15) is 17.8 Å². The van der Waals surface area contributed by atoms with Gasteiger partial charge in [-0.15, -0.1) is 5.10 Å². The average molecular weight is 351 g/mol. The average Bonchev–Trinajstić information content (AvgIpc) is 3.13. The van der Waals surface area contributed by atoms with Gasteiger partial charge in [0.25, 0.3) is 0 Å². The molecule has 1 unspecified atom stereocenters. The SMILES string of the molecule is CC(Nc1ncnc2cc(Cl)ccc12)c1cn(-c2ccccc2)nn1. The van der Waals surface area contributed by atoms with Crippen molar-refractivity contribution in [3.05, 3.63) is 71.8 Å². The molecule has 0 aliphatic carbocycles. The number of nitrogens with zero attached hydrogens (tertiary/aromatic N) is 5. The van der Waals surface area contributed by atoms with Crippen LogP contribution in [-0.2, 0) is 0 Å². The summed E-state index contributed by atoms with van der Waals surface area (Å²) in [6, 6.07) is 15.4. The number of para-hydroxylation sites is 1. The van der Waals surface area contributed by atoms with E-state index in [2.05, 4.69) is 25.6 Å². The van der Waals surface area contributed by atoms with Crippen molar-refractivity contribution in [2.75, 3.05) is 5.32 Å². The van der Waals surface area contributed by atoms with Crippen molar-refractivity contribution in [3.8, 4) is 5.69 Å². The van der Waals surface area contributed by atoms with Crippen LogP contribution in [0, 0.1) is 0 Å². The molecule has 0 fully saturated rings.